The lowest BCUT2D eigenvalue weighted by Gasteiger charge is -2.51. The molecule has 3 heteroatoms. The Morgan fingerprint density at radius 2 is 1.58 bits per heavy atom. The minimum Gasteiger partial charge on any atom is -0.325 e. The Hall–Kier alpha value is 0.210. The van der Waals surface area contributed by atoms with E-state index in [4.69, 9.17) is 17.5 Å². The minimum atomic E-state index is 0.189. The van der Waals surface area contributed by atoms with Gasteiger partial charge in [0.1, 0.15) is 0 Å². The van der Waals surface area contributed by atoms with Crippen molar-refractivity contribution in [1.82, 2.24) is 4.84 Å². The van der Waals surface area contributed by atoms with Crippen molar-refractivity contribution in [2.75, 3.05) is 6.54 Å². The van der Waals surface area contributed by atoms with Crippen LogP contribution in [0.3, 0.4) is 0 Å². The smallest absolute Gasteiger partial charge is 0.0164 e. The summed E-state index contributed by atoms with van der Waals surface area (Å²) in [6.07, 6.45) is 7.40. The monoisotopic (exact) mass is 188 g/mol. The summed E-state index contributed by atoms with van der Waals surface area (Å²) in [6.45, 7) is 0.963. The summed E-state index contributed by atoms with van der Waals surface area (Å²) in [5.74, 6) is 0. The van der Waals surface area contributed by atoms with Crippen molar-refractivity contribution in [1.29, 1.82) is 0 Å². The van der Waals surface area contributed by atoms with Gasteiger partial charge < -0.3 is 5.73 Å². The summed E-state index contributed by atoms with van der Waals surface area (Å²) in [6, 6.07) is 0. The van der Waals surface area contributed by atoms with Crippen LogP contribution in [0.1, 0.15) is 38.5 Å². The number of fused-ring (bicyclic) bond motifs is 3. The third kappa shape index (κ3) is 1.36. The number of hydrogen-bond acceptors (Lipinski definition) is 2. The van der Waals surface area contributed by atoms with Crippen LogP contribution in [0.25, 0.3) is 0 Å². The quantitative estimate of drug-likeness (QED) is 0.649. The zero-order chi connectivity index (χ0) is 8.66. The average molecular weight is 189 g/mol. The largest absolute Gasteiger partial charge is 0.325 e. The molecule has 0 saturated heterocycles. The van der Waals surface area contributed by atoms with Gasteiger partial charge in [-0.1, -0.05) is 0 Å². The van der Waals surface area contributed by atoms with E-state index in [1.807, 2.05) is 0 Å². The van der Waals surface area contributed by atoms with Gasteiger partial charge >= 0.3 is 0 Å². The molecule has 3 fully saturated rings. The van der Waals surface area contributed by atoms with Crippen molar-refractivity contribution in [2.24, 2.45) is 11.1 Å². The number of nitrogens with one attached hydrogen (secondary N) is 1. The third-order valence-corrected chi connectivity index (χ3v) is 4.04. The second-order valence-corrected chi connectivity index (χ2v) is 4.94. The lowest BCUT2D eigenvalue weighted by Crippen LogP contribution is -2.53. The Kier molecular flexibility index (Phi) is 2.10. The highest BCUT2D eigenvalue weighted by Crippen LogP contribution is 2.50. The van der Waals surface area contributed by atoms with Crippen LogP contribution >= 0.6 is 11.8 Å². The topological polar surface area (TPSA) is 38.0 Å². The predicted octanol–water partition coefficient (Wildman–Crippen LogP) is 1.78. The maximum absolute atomic E-state index is 6.20. The van der Waals surface area contributed by atoms with Gasteiger partial charge in [-0.25, -0.2) is 4.84 Å². The highest BCUT2D eigenvalue weighted by molar-refractivity contribution is 6.13. The first-order valence-electron chi connectivity index (χ1n) is 4.81. The van der Waals surface area contributed by atoms with Crippen molar-refractivity contribution in [3.8, 4) is 0 Å². The van der Waals surface area contributed by atoms with E-state index in [1.54, 1.807) is 0 Å². The summed E-state index contributed by atoms with van der Waals surface area (Å²) < 4.78 is 0. The molecule has 0 atom stereocenters. The van der Waals surface area contributed by atoms with Crippen LogP contribution in [0.5, 0.6) is 0 Å². The zero-order valence-corrected chi connectivity index (χ0v) is 8.16. The highest BCUT2D eigenvalue weighted by Gasteiger charge is 2.46. The fraction of sp³-hybridized carbons (Fsp3) is 1.00. The summed E-state index contributed by atoms with van der Waals surface area (Å²) >= 11 is 5.57. The maximum atomic E-state index is 6.20. The molecule has 0 aromatic rings. The molecule has 3 N–H and O–H groups in total. The van der Waals surface area contributed by atoms with Gasteiger partial charge in [-0.05, 0) is 55.7 Å². The lowest BCUT2D eigenvalue weighted by atomic mass is 9.58. The van der Waals surface area contributed by atoms with E-state index in [1.165, 1.54) is 38.5 Å². The van der Waals surface area contributed by atoms with Gasteiger partial charge in [-0.15, -0.1) is 0 Å². The molecule has 0 aromatic carbocycles. The van der Waals surface area contributed by atoms with E-state index >= 15 is 0 Å². The fourth-order valence-corrected chi connectivity index (χ4v) is 2.98. The zero-order valence-electron chi connectivity index (χ0n) is 7.41. The number of halogens is 1. The van der Waals surface area contributed by atoms with Gasteiger partial charge in [0.15, 0.2) is 0 Å². The predicted molar refractivity (Wildman–Crippen MR) is 50.9 cm³/mol. The van der Waals surface area contributed by atoms with Crippen molar-refractivity contribution in [2.45, 2.75) is 44.1 Å². The standard InChI is InChI=1S/C9H17ClN2/c10-12-7-8-1-4-9(11,5-2-8)6-3-8/h12H,1-7,11H2. The molecule has 0 unspecified atom stereocenters. The van der Waals surface area contributed by atoms with Crippen LogP contribution in [-0.4, -0.2) is 12.1 Å². The molecule has 0 radical (unpaired) electrons. The van der Waals surface area contributed by atoms with Crippen LogP contribution in [0.15, 0.2) is 0 Å². The van der Waals surface area contributed by atoms with Crippen LogP contribution < -0.4 is 10.6 Å². The molecule has 70 valence electrons. The molecule has 3 aliphatic rings. The van der Waals surface area contributed by atoms with E-state index in [0.29, 0.717) is 5.41 Å². The average Bonchev–Trinajstić information content (AvgIpc) is 2.08. The van der Waals surface area contributed by atoms with Crippen molar-refractivity contribution >= 4 is 11.8 Å². The van der Waals surface area contributed by atoms with Crippen LogP contribution in [0, 0.1) is 5.41 Å². The molecule has 0 heterocycles. The number of hydrogen-bond donors (Lipinski definition) is 2. The van der Waals surface area contributed by atoms with Crippen molar-refractivity contribution in [3.05, 3.63) is 0 Å². The van der Waals surface area contributed by atoms with E-state index in [0.717, 1.165) is 6.54 Å². The van der Waals surface area contributed by atoms with Crippen LogP contribution in [-0.2, 0) is 0 Å². The van der Waals surface area contributed by atoms with Crippen LogP contribution in [0.4, 0.5) is 0 Å². The SMILES string of the molecule is NC12CCC(CNCl)(CC1)CC2. The third-order valence-electron chi connectivity index (χ3n) is 3.90. The summed E-state index contributed by atoms with van der Waals surface area (Å²) in [5, 5.41) is 0. The van der Waals surface area contributed by atoms with Crippen molar-refractivity contribution in [3.63, 3.8) is 0 Å². The molecule has 12 heavy (non-hydrogen) atoms. The van der Waals surface area contributed by atoms with Gasteiger partial charge in [-0.3, -0.25) is 0 Å². The molecule has 3 aliphatic carbocycles. The maximum Gasteiger partial charge on any atom is 0.0164 e. The normalized spacial score (nSPS) is 46.5. The van der Waals surface area contributed by atoms with Gasteiger partial charge in [0, 0.05) is 12.1 Å². The van der Waals surface area contributed by atoms with Gasteiger partial charge in [-0.2, -0.15) is 0 Å². The lowest BCUT2D eigenvalue weighted by molar-refractivity contribution is 0.0493. The van der Waals surface area contributed by atoms with Crippen molar-refractivity contribution < 1.29 is 0 Å². The summed E-state index contributed by atoms with van der Waals surface area (Å²) in [7, 11) is 0. The first kappa shape index (κ1) is 8.79. The fourth-order valence-electron chi connectivity index (χ4n) is 2.70. The van der Waals surface area contributed by atoms with Gasteiger partial charge in [0.2, 0.25) is 0 Å². The summed E-state index contributed by atoms with van der Waals surface area (Å²) in [5.41, 5.74) is 6.88. The van der Waals surface area contributed by atoms with Crippen LogP contribution in [0.2, 0.25) is 0 Å². The molecule has 0 aromatic heterocycles. The summed E-state index contributed by atoms with van der Waals surface area (Å²) in [4.78, 5) is 2.80. The van der Waals surface area contributed by atoms with Gasteiger partial charge in [0.25, 0.3) is 0 Å². The molecule has 2 nitrogen and oxygen atoms in total. The molecular formula is C9H17ClN2. The first-order chi connectivity index (χ1) is 5.68. The Bertz CT molecular complexity index is 157. The van der Waals surface area contributed by atoms with E-state index in [9.17, 15) is 0 Å². The molecule has 2 bridgehead atoms. The minimum absolute atomic E-state index is 0.189. The molecule has 0 amide bonds. The Morgan fingerprint density at radius 3 is 2.00 bits per heavy atom. The molecule has 3 saturated carbocycles. The number of rotatable bonds is 2. The Labute approximate surface area is 79.0 Å². The van der Waals surface area contributed by atoms with Gasteiger partial charge in [0.05, 0.1) is 0 Å². The van der Waals surface area contributed by atoms with E-state index in [-0.39, 0.29) is 5.54 Å². The Morgan fingerprint density at radius 1 is 1.08 bits per heavy atom. The first-order valence-corrected chi connectivity index (χ1v) is 5.18. The van der Waals surface area contributed by atoms with E-state index < -0.39 is 0 Å². The highest BCUT2D eigenvalue weighted by atomic mass is 35.5. The second-order valence-electron chi connectivity index (χ2n) is 4.67. The second kappa shape index (κ2) is 2.86. The van der Waals surface area contributed by atoms with E-state index in [2.05, 4.69) is 4.84 Å². The molecule has 3 rings (SSSR count). The Balaban J connectivity index is 2.04. The molecule has 0 spiro atoms. The number of nitrogens with two attached hydrogens (primary N) is 1. The molecule has 0 aliphatic heterocycles. The molecular weight excluding hydrogens is 172 g/mol.